The monoisotopic (exact) mass is 402 g/mol. The molecule has 1 aromatic heterocycles. The number of carbonyl (C=O) groups is 2. The normalized spacial score (nSPS) is 19.2. The fourth-order valence-corrected chi connectivity index (χ4v) is 4.28. The summed E-state index contributed by atoms with van der Waals surface area (Å²) in [6, 6.07) is 13.8. The molecule has 0 saturated carbocycles. The number of aromatic nitrogens is 1. The first kappa shape index (κ1) is 18.5. The SMILES string of the molecule is O=C1C[C@@H](C(=O)NC[C@H]2Cc3cc(F)cc(-c4cccnc4)c3O2)c2ccccc21. The van der Waals surface area contributed by atoms with E-state index in [1.165, 1.54) is 12.1 Å². The maximum atomic E-state index is 14.2. The number of pyridine rings is 1. The Hall–Kier alpha value is -3.54. The van der Waals surface area contributed by atoms with Gasteiger partial charge in [-0.15, -0.1) is 0 Å². The molecule has 0 spiro atoms. The number of fused-ring (bicyclic) bond motifs is 2. The Balaban J connectivity index is 1.30. The van der Waals surface area contributed by atoms with Crippen LogP contribution in [-0.4, -0.2) is 29.3 Å². The van der Waals surface area contributed by atoms with Crippen LogP contribution in [0, 0.1) is 5.82 Å². The molecule has 1 aliphatic carbocycles. The van der Waals surface area contributed by atoms with Gasteiger partial charge in [0.15, 0.2) is 5.78 Å². The molecule has 0 unspecified atom stereocenters. The molecule has 0 bridgehead atoms. The second kappa shape index (κ2) is 7.37. The van der Waals surface area contributed by atoms with Gasteiger partial charge >= 0.3 is 0 Å². The van der Waals surface area contributed by atoms with E-state index in [1.54, 1.807) is 30.6 Å². The first-order valence-electron chi connectivity index (χ1n) is 9.89. The van der Waals surface area contributed by atoms with Gasteiger partial charge in [-0.2, -0.15) is 0 Å². The highest BCUT2D eigenvalue weighted by atomic mass is 19.1. The highest BCUT2D eigenvalue weighted by molar-refractivity contribution is 6.06. The van der Waals surface area contributed by atoms with E-state index in [4.69, 9.17) is 4.74 Å². The number of rotatable bonds is 4. The summed E-state index contributed by atoms with van der Waals surface area (Å²) in [5.74, 6) is -0.369. The van der Waals surface area contributed by atoms with Gasteiger partial charge < -0.3 is 10.1 Å². The standard InChI is InChI=1S/C24H19FN2O3/c25-16-8-15-9-17(30-23(15)20(10-16)14-4-3-7-26-12-14)13-27-24(29)21-11-22(28)19-6-2-1-5-18(19)21/h1-8,10,12,17,21H,9,11,13H2,(H,27,29)/t17-,21-/m1/s1. The topological polar surface area (TPSA) is 68.3 Å². The van der Waals surface area contributed by atoms with Gasteiger partial charge in [-0.25, -0.2) is 4.39 Å². The minimum absolute atomic E-state index is 0.00754. The number of ether oxygens (including phenoxy) is 1. The van der Waals surface area contributed by atoms with Crippen LogP contribution < -0.4 is 10.1 Å². The molecule has 5 nitrogen and oxygen atoms in total. The number of hydrogen-bond acceptors (Lipinski definition) is 4. The van der Waals surface area contributed by atoms with Crippen molar-refractivity contribution in [2.45, 2.75) is 24.9 Å². The highest BCUT2D eigenvalue weighted by Gasteiger charge is 2.35. The molecule has 1 aliphatic heterocycles. The number of hydrogen-bond donors (Lipinski definition) is 1. The molecular weight excluding hydrogens is 383 g/mol. The van der Waals surface area contributed by atoms with E-state index < -0.39 is 5.92 Å². The Morgan fingerprint density at radius 2 is 2.00 bits per heavy atom. The van der Waals surface area contributed by atoms with Crippen LogP contribution >= 0.6 is 0 Å². The summed E-state index contributed by atoms with van der Waals surface area (Å²) in [5, 5.41) is 2.91. The van der Waals surface area contributed by atoms with Crippen molar-refractivity contribution >= 4 is 11.7 Å². The average molecular weight is 402 g/mol. The van der Waals surface area contributed by atoms with Crippen molar-refractivity contribution in [3.63, 3.8) is 0 Å². The maximum absolute atomic E-state index is 14.2. The van der Waals surface area contributed by atoms with Crippen LogP contribution in [0.3, 0.4) is 0 Å². The van der Waals surface area contributed by atoms with Gasteiger partial charge in [0.05, 0.1) is 12.5 Å². The molecule has 5 rings (SSSR count). The predicted octanol–water partition coefficient (Wildman–Crippen LogP) is 3.68. The van der Waals surface area contributed by atoms with E-state index in [-0.39, 0.29) is 36.6 Å². The van der Waals surface area contributed by atoms with Crippen LogP contribution in [-0.2, 0) is 11.2 Å². The molecule has 150 valence electrons. The molecule has 2 aromatic carbocycles. The second-order valence-electron chi connectivity index (χ2n) is 7.64. The number of Topliss-reactive ketones (excluding diaryl/α,β-unsaturated/α-hetero) is 1. The lowest BCUT2D eigenvalue weighted by Crippen LogP contribution is -2.37. The summed E-state index contributed by atoms with van der Waals surface area (Å²) < 4.78 is 20.2. The van der Waals surface area contributed by atoms with Crippen LogP contribution in [0.25, 0.3) is 11.1 Å². The summed E-state index contributed by atoms with van der Waals surface area (Å²) in [6.07, 6.45) is 3.72. The Morgan fingerprint density at radius 1 is 1.13 bits per heavy atom. The van der Waals surface area contributed by atoms with Crippen LogP contribution in [0.15, 0.2) is 60.9 Å². The van der Waals surface area contributed by atoms with Crippen molar-refractivity contribution in [3.8, 4) is 16.9 Å². The molecule has 0 saturated heterocycles. The Kier molecular flexibility index (Phi) is 4.54. The van der Waals surface area contributed by atoms with Crippen LogP contribution in [0.2, 0.25) is 0 Å². The zero-order chi connectivity index (χ0) is 20.7. The zero-order valence-electron chi connectivity index (χ0n) is 16.1. The van der Waals surface area contributed by atoms with Gasteiger partial charge in [-0.05, 0) is 23.8 Å². The number of nitrogens with zero attached hydrogens (tertiary/aromatic N) is 1. The summed E-state index contributed by atoms with van der Waals surface area (Å²) in [5.41, 5.74) is 3.60. The third-order valence-corrected chi connectivity index (χ3v) is 5.68. The molecule has 0 fully saturated rings. The molecular formula is C24H19FN2O3. The van der Waals surface area contributed by atoms with E-state index in [2.05, 4.69) is 10.3 Å². The van der Waals surface area contributed by atoms with Gasteiger partial charge in [-0.1, -0.05) is 30.3 Å². The quantitative estimate of drug-likeness (QED) is 0.723. The average Bonchev–Trinajstić information content (AvgIpc) is 3.33. The van der Waals surface area contributed by atoms with Gasteiger partial charge in [0.2, 0.25) is 5.91 Å². The van der Waals surface area contributed by atoms with Gasteiger partial charge in [0.1, 0.15) is 17.7 Å². The summed E-state index contributed by atoms with van der Waals surface area (Å²) in [4.78, 5) is 29.0. The molecule has 6 heteroatoms. The van der Waals surface area contributed by atoms with Gasteiger partial charge in [0, 0.05) is 47.5 Å². The molecule has 2 aliphatic rings. The Labute approximate surface area is 172 Å². The van der Waals surface area contributed by atoms with Gasteiger partial charge in [-0.3, -0.25) is 14.6 Å². The van der Waals surface area contributed by atoms with Crippen molar-refractivity contribution in [1.29, 1.82) is 0 Å². The molecule has 1 N–H and O–H groups in total. The maximum Gasteiger partial charge on any atom is 0.228 e. The van der Waals surface area contributed by atoms with Crippen LogP contribution in [0.5, 0.6) is 5.75 Å². The predicted molar refractivity (Wildman–Crippen MR) is 109 cm³/mol. The summed E-state index contributed by atoms with van der Waals surface area (Å²) in [6.45, 7) is 0.286. The van der Waals surface area contributed by atoms with Crippen LogP contribution in [0.1, 0.15) is 33.8 Å². The lowest BCUT2D eigenvalue weighted by molar-refractivity contribution is -0.122. The highest BCUT2D eigenvalue weighted by Crippen LogP contribution is 2.39. The van der Waals surface area contributed by atoms with Crippen molar-refractivity contribution in [1.82, 2.24) is 10.3 Å². The fraction of sp³-hybridized carbons (Fsp3) is 0.208. The van der Waals surface area contributed by atoms with Crippen molar-refractivity contribution in [3.05, 3.63) is 83.4 Å². The van der Waals surface area contributed by atoms with E-state index in [0.29, 0.717) is 23.3 Å². The Bertz CT molecular complexity index is 1150. The number of ketones is 1. The number of benzene rings is 2. The molecule has 30 heavy (non-hydrogen) atoms. The largest absolute Gasteiger partial charge is 0.487 e. The number of halogens is 1. The number of amides is 1. The number of nitrogens with one attached hydrogen (secondary N) is 1. The number of carbonyl (C=O) groups excluding carboxylic acids is 2. The van der Waals surface area contributed by atoms with E-state index in [0.717, 1.165) is 16.7 Å². The molecule has 1 amide bonds. The van der Waals surface area contributed by atoms with E-state index >= 15 is 0 Å². The smallest absolute Gasteiger partial charge is 0.228 e. The summed E-state index contributed by atoms with van der Waals surface area (Å²) >= 11 is 0. The minimum atomic E-state index is -0.471. The van der Waals surface area contributed by atoms with E-state index in [1.807, 2.05) is 18.2 Å². The molecule has 2 heterocycles. The third-order valence-electron chi connectivity index (χ3n) is 5.68. The zero-order valence-corrected chi connectivity index (χ0v) is 16.1. The van der Waals surface area contributed by atoms with Crippen LogP contribution in [0.4, 0.5) is 4.39 Å². The lowest BCUT2D eigenvalue weighted by Gasteiger charge is -2.16. The van der Waals surface area contributed by atoms with Crippen molar-refractivity contribution < 1.29 is 18.7 Å². The lowest BCUT2D eigenvalue weighted by atomic mass is 10.00. The van der Waals surface area contributed by atoms with Crippen molar-refractivity contribution in [2.75, 3.05) is 6.54 Å². The first-order chi connectivity index (χ1) is 14.6. The molecule has 0 radical (unpaired) electrons. The molecule has 2 atom stereocenters. The molecule has 3 aromatic rings. The van der Waals surface area contributed by atoms with E-state index in [9.17, 15) is 14.0 Å². The van der Waals surface area contributed by atoms with Gasteiger partial charge in [0.25, 0.3) is 0 Å². The second-order valence-corrected chi connectivity index (χ2v) is 7.64. The fourth-order valence-electron chi connectivity index (χ4n) is 4.28. The van der Waals surface area contributed by atoms with Crippen molar-refractivity contribution in [2.24, 2.45) is 0 Å². The first-order valence-corrected chi connectivity index (χ1v) is 9.89. The minimum Gasteiger partial charge on any atom is -0.487 e. The Morgan fingerprint density at radius 3 is 2.83 bits per heavy atom. The summed E-state index contributed by atoms with van der Waals surface area (Å²) in [7, 11) is 0. The third kappa shape index (κ3) is 3.24.